The van der Waals surface area contributed by atoms with Crippen LogP contribution in [-0.2, 0) is 11.3 Å². The van der Waals surface area contributed by atoms with E-state index in [2.05, 4.69) is 18.8 Å². The number of ketones is 1. The fraction of sp³-hybridized carbons (Fsp3) is 0.438. The van der Waals surface area contributed by atoms with Crippen LogP contribution in [0.4, 0.5) is 0 Å². The van der Waals surface area contributed by atoms with Crippen LogP contribution in [0.2, 0.25) is 0 Å². The summed E-state index contributed by atoms with van der Waals surface area (Å²) in [5.74, 6) is 0.929. The number of aromatic nitrogens is 2. The third kappa shape index (κ3) is 3.94. The molecule has 0 unspecified atom stereocenters. The number of thioether (sulfide) groups is 1. The maximum atomic E-state index is 12.6. The van der Waals surface area contributed by atoms with Gasteiger partial charge in [-0.2, -0.15) is 0 Å². The summed E-state index contributed by atoms with van der Waals surface area (Å²) in [6, 6.07) is 7.35. The lowest BCUT2D eigenvalue weighted by atomic mass is 10.1. The minimum atomic E-state index is -0.0210. The molecule has 0 aliphatic carbocycles. The highest BCUT2D eigenvalue weighted by Crippen LogP contribution is 2.18. The molecule has 1 aromatic carbocycles. The van der Waals surface area contributed by atoms with Gasteiger partial charge in [0.25, 0.3) is 5.56 Å². The molecule has 4 nitrogen and oxygen atoms in total. The lowest BCUT2D eigenvalue weighted by Gasteiger charge is -2.13. The molecule has 0 saturated carbocycles. The van der Waals surface area contributed by atoms with Crippen LogP contribution in [0.5, 0.6) is 0 Å². The van der Waals surface area contributed by atoms with Gasteiger partial charge in [-0.05, 0) is 31.4 Å². The van der Waals surface area contributed by atoms with Gasteiger partial charge in [0, 0.05) is 6.54 Å². The van der Waals surface area contributed by atoms with Crippen molar-refractivity contribution >= 4 is 28.4 Å². The molecule has 5 heteroatoms. The van der Waals surface area contributed by atoms with E-state index in [0.717, 1.165) is 6.42 Å². The maximum absolute atomic E-state index is 12.6. The number of carbonyl (C=O) groups is 1. The third-order valence-corrected chi connectivity index (χ3v) is 4.28. The van der Waals surface area contributed by atoms with E-state index in [4.69, 9.17) is 0 Å². The average Bonchev–Trinajstić information content (AvgIpc) is 2.44. The predicted octanol–water partition coefficient (Wildman–Crippen LogP) is 3.12. The van der Waals surface area contributed by atoms with Crippen LogP contribution in [0, 0.1) is 5.92 Å². The molecule has 2 aromatic rings. The summed E-state index contributed by atoms with van der Waals surface area (Å²) < 4.78 is 1.70. The fourth-order valence-corrected chi connectivity index (χ4v) is 2.83. The monoisotopic (exact) mass is 304 g/mol. The smallest absolute Gasteiger partial charge is 0.262 e. The van der Waals surface area contributed by atoms with Crippen molar-refractivity contribution in [3.8, 4) is 0 Å². The third-order valence-electron chi connectivity index (χ3n) is 3.16. The molecule has 0 bridgehead atoms. The lowest BCUT2D eigenvalue weighted by Crippen LogP contribution is -2.24. The number of hydrogen-bond acceptors (Lipinski definition) is 4. The van der Waals surface area contributed by atoms with Crippen molar-refractivity contribution in [3.63, 3.8) is 0 Å². The van der Waals surface area contributed by atoms with Crippen molar-refractivity contribution in [2.45, 2.75) is 38.9 Å². The van der Waals surface area contributed by atoms with E-state index < -0.39 is 0 Å². The predicted molar refractivity (Wildman–Crippen MR) is 86.9 cm³/mol. The summed E-state index contributed by atoms with van der Waals surface area (Å²) in [5.41, 5.74) is 0.668. The van der Waals surface area contributed by atoms with Gasteiger partial charge in [-0.3, -0.25) is 14.2 Å². The van der Waals surface area contributed by atoms with Crippen LogP contribution in [0.15, 0.2) is 34.2 Å². The molecule has 0 atom stereocenters. The first-order valence-corrected chi connectivity index (χ1v) is 8.09. The van der Waals surface area contributed by atoms with Gasteiger partial charge >= 0.3 is 0 Å². The Morgan fingerprint density at radius 1 is 1.33 bits per heavy atom. The van der Waals surface area contributed by atoms with Crippen molar-refractivity contribution in [3.05, 3.63) is 34.6 Å². The molecular formula is C16H20N2O2S. The molecule has 0 fully saturated rings. The SMILES string of the molecule is CC(=O)CSc1nc2ccccc2c(=O)n1CCC(C)C. The first-order chi connectivity index (χ1) is 9.99. The summed E-state index contributed by atoms with van der Waals surface area (Å²) in [7, 11) is 0. The van der Waals surface area contributed by atoms with E-state index in [-0.39, 0.29) is 11.3 Å². The van der Waals surface area contributed by atoms with E-state index in [9.17, 15) is 9.59 Å². The van der Waals surface area contributed by atoms with Crippen LogP contribution < -0.4 is 5.56 Å². The maximum Gasteiger partial charge on any atom is 0.262 e. The van der Waals surface area contributed by atoms with Crippen LogP contribution in [0.1, 0.15) is 27.2 Å². The molecule has 0 aliphatic rings. The lowest BCUT2D eigenvalue weighted by molar-refractivity contribution is -0.114. The largest absolute Gasteiger partial charge is 0.299 e. The van der Waals surface area contributed by atoms with Gasteiger partial charge in [0.1, 0.15) is 5.78 Å². The second kappa shape index (κ2) is 6.89. The van der Waals surface area contributed by atoms with E-state index >= 15 is 0 Å². The summed E-state index contributed by atoms with van der Waals surface area (Å²) in [4.78, 5) is 28.4. The van der Waals surface area contributed by atoms with Crippen LogP contribution in [0.3, 0.4) is 0 Å². The van der Waals surface area contributed by atoms with E-state index in [1.807, 2.05) is 18.2 Å². The Morgan fingerprint density at radius 3 is 2.71 bits per heavy atom. The second-order valence-corrected chi connectivity index (χ2v) is 6.48. The molecule has 0 aliphatic heterocycles. The summed E-state index contributed by atoms with van der Waals surface area (Å²) in [6.45, 7) is 6.43. The minimum absolute atomic E-state index is 0.0210. The van der Waals surface area contributed by atoms with Crippen molar-refractivity contribution in [1.82, 2.24) is 9.55 Å². The molecule has 0 spiro atoms. The van der Waals surface area contributed by atoms with Gasteiger partial charge in [0.2, 0.25) is 0 Å². The van der Waals surface area contributed by atoms with Crippen molar-refractivity contribution in [1.29, 1.82) is 0 Å². The molecule has 112 valence electrons. The molecule has 2 rings (SSSR count). The number of nitrogens with zero attached hydrogens (tertiary/aromatic N) is 2. The highest BCUT2D eigenvalue weighted by atomic mass is 32.2. The number of fused-ring (bicyclic) bond motifs is 1. The molecule has 0 N–H and O–H groups in total. The first kappa shape index (κ1) is 15.8. The first-order valence-electron chi connectivity index (χ1n) is 7.11. The van der Waals surface area contributed by atoms with Crippen molar-refractivity contribution < 1.29 is 4.79 Å². The molecule has 0 amide bonds. The van der Waals surface area contributed by atoms with Gasteiger partial charge in [0.15, 0.2) is 5.16 Å². The Hall–Kier alpha value is -1.62. The summed E-state index contributed by atoms with van der Waals surface area (Å²) in [6.07, 6.45) is 0.910. The average molecular weight is 304 g/mol. The van der Waals surface area contributed by atoms with Gasteiger partial charge < -0.3 is 0 Å². The highest BCUT2D eigenvalue weighted by Gasteiger charge is 2.12. The van der Waals surface area contributed by atoms with Crippen molar-refractivity contribution in [2.24, 2.45) is 5.92 Å². The molecule has 0 saturated heterocycles. The zero-order valence-electron chi connectivity index (χ0n) is 12.6. The molecule has 1 aromatic heterocycles. The van der Waals surface area contributed by atoms with Crippen LogP contribution >= 0.6 is 11.8 Å². The standard InChI is InChI=1S/C16H20N2O2S/c1-11(2)8-9-18-15(20)13-6-4-5-7-14(13)17-16(18)21-10-12(3)19/h4-7,11H,8-10H2,1-3H3. The number of rotatable bonds is 6. The Kier molecular flexibility index (Phi) is 5.17. The minimum Gasteiger partial charge on any atom is -0.299 e. The second-order valence-electron chi connectivity index (χ2n) is 5.54. The van der Waals surface area contributed by atoms with Gasteiger partial charge in [-0.15, -0.1) is 0 Å². The Bertz CT molecular complexity index is 707. The Labute approximate surface area is 128 Å². The van der Waals surface area contributed by atoms with Crippen molar-refractivity contribution in [2.75, 3.05) is 5.75 Å². The van der Waals surface area contributed by atoms with Gasteiger partial charge in [0.05, 0.1) is 16.7 Å². The number of Topliss-reactive ketones (excluding diaryl/α,β-unsaturated/α-hetero) is 1. The number of para-hydroxylation sites is 1. The molecule has 21 heavy (non-hydrogen) atoms. The van der Waals surface area contributed by atoms with E-state index in [1.165, 1.54) is 11.8 Å². The molecular weight excluding hydrogens is 284 g/mol. The van der Waals surface area contributed by atoms with Gasteiger partial charge in [-0.1, -0.05) is 37.7 Å². The van der Waals surface area contributed by atoms with E-state index in [0.29, 0.717) is 34.3 Å². The van der Waals surface area contributed by atoms with Crippen LogP contribution in [0.25, 0.3) is 10.9 Å². The number of carbonyl (C=O) groups excluding carboxylic acids is 1. The Balaban J connectivity index is 2.48. The Morgan fingerprint density at radius 2 is 2.05 bits per heavy atom. The zero-order chi connectivity index (χ0) is 15.4. The number of hydrogen-bond donors (Lipinski definition) is 0. The summed E-state index contributed by atoms with van der Waals surface area (Å²) in [5, 5.41) is 1.27. The zero-order valence-corrected chi connectivity index (χ0v) is 13.4. The fourth-order valence-electron chi connectivity index (χ4n) is 2.01. The van der Waals surface area contributed by atoms with Gasteiger partial charge in [-0.25, -0.2) is 4.98 Å². The quantitative estimate of drug-likeness (QED) is 0.608. The topological polar surface area (TPSA) is 52.0 Å². The number of benzene rings is 1. The van der Waals surface area contributed by atoms with E-state index in [1.54, 1.807) is 17.6 Å². The highest BCUT2D eigenvalue weighted by molar-refractivity contribution is 7.99. The summed E-state index contributed by atoms with van der Waals surface area (Å²) >= 11 is 1.34. The normalized spacial score (nSPS) is 11.2. The van der Waals surface area contributed by atoms with Crippen LogP contribution in [-0.4, -0.2) is 21.1 Å². The molecule has 1 heterocycles. The molecule has 0 radical (unpaired) electrons.